The molecule has 0 radical (unpaired) electrons. The zero-order valence-corrected chi connectivity index (χ0v) is 14.4. The summed E-state index contributed by atoms with van der Waals surface area (Å²) < 4.78 is 0. The summed E-state index contributed by atoms with van der Waals surface area (Å²) in [6.07, 6.45) is 9.24. The molecule has 1 aromatic carbocycles. The molecule has 4 nitrogen and oxygen atoms in total. The summed E-state index contributed by atoms with van der Waals surface area (Å²) in [4.78, 5) is 16.6. The van der Waals surface area contributed by atoms with Crippen molar-refractivity contribution >= 4 is 28.9 Å². The Balaban J connectivity index is 1.65. The molecule has 126 valence electrons. The number of anilines is 2. The SMILES string of the molecule is O=C(Nc1ccc(Cl)cc1)c1cc(NC2CCCCCC2)ccn1. The number of carbonyl (C=O) groups is 1. The van der Waals surface area contributed by atoms with Gasteiger partial charge in [0.2, 0.25) is 0 Å². The topological polar surface area (TPSA) is 54.0 Å². The molecule has 0 spiro atoms. The fourth-order valence-electron chi connectivity index (χ4n) is 3.03. The number of pyridine rings is 1. The molecule has 0 saturated heterocycles. The Morgan fingerprint density at radius 3 is 2.42 bits per heavy atom. The number of nitrogens with zero attached hydrogens (tertiary/aromatic N) is 1. The van der Waals surface area contributed by atoms with Crippen molar-refractivity contribution in [3.8, 4) is 0 Å². The first-order valence-corrected chi connectivity index (χ1v) is 8.88. The molecule has 0 atom stereocenters. The van der Waals surface area contributed by atoms with Gasteiger partial charge in [-0.25, -0.2) is 0 Å². The van der Waals surface area contributed by atoms with E-state index in [-0.39, 0.29) is 5.91 Å². The van der Waals surface area contributed by atoms with Gasteiger partial charge in [0.15, 0.2) is 0 Å². The van der Waals surface area contributed by atoms with Crippen LogP contribution in [0.2, 0.25) is 5.02 Å². The number of amides is 1. The van der Waals surface area contributed by atoms with Gasteiger partial charge in [-0.2, -0.15) is 0 Å². The summed E-state index contributed by atoms with van der Waals surface area (Å²) >= 11 is 5.86. The number of hydrogen-bond acceptors (Lipinski definition) is 3. The average molecular weight is 344 g/mol. The zero-order chi connectivity index (χ0) is 16.8. The molecule has 0 bridgehead atoms. The number of halogens is 1. The van der Waals surface area contributed by atoms with E-state index in [1.54, 1.807) is 30.5 Å². The monoisotopic (exact) mass is 343 g/mol. The summed E-state index contributed by atoms with van der Waals surface area (Å²) in [6, 6.07) is 11.3. The van der Waals surface area contributed by atoms with Crippen LogP contribution in [0.25, 0.3) is 0 Å². The van der Waals surface area contributed by atoms with Crippen molar-refractivity contribution in [3.05, 3.63) is 53.3 Å². The molecule has 24 heavy (non-hydrogen) atoms. The molecule has 1 fully saturated rings. The first-order valence-electron chi connectivity index (χ1n) is 8.50. The van der Waals surface area contributed by atoms with Gasteiger partial charge in [0.1, 0.15) is 5.69 Å². The van der Waals surface area contributed by atoms with Crippen molar-refractivity contribution in [3.63, 3.8) is 0 Å². The van der Waals surface area contributed by atoms with Crippen LogP contribution in [0.5, 0.6) is 0 Å². The molecule has 1 aliphatic rings. The molecule has 1 saturated carbocycles. The van der Waals surface area contributed by atoms with Crippen LogP contribution in [0.4, 0.5) is 11.4 Å². The normalized spacial score (nSPS) is 15.5. The number of rotatable bonds is 4. The molecular formula is C19H22ClN3O. The lowest BCUT2D eigenvalue weighted by Crippen LogP contribution is -2.19. The van der Waals surface area contributed by atoms with Gasteiger partial charge in [0, 0.05) is 28.6 Å². The van der Waals surface area contributed by atoms with E-state index in [4.69, 9.17) is 11.6 Å². The van der Waals surface area contributed by atoms with Gasteiger partial charge in [0.25, 0.3) is 5.91 Å². The number of benzene rings is 1. The fraction of sp³-hybridized carbons (Fsp3) is 0.368. The standard InChI is InChI=1S/C19H22ClN3O/c20-14-7-9-16(10-8-14)23-19(24)18-13-17(11-12-21-18)22-15-5-3-1-2-4-6-15/h7-13,15H,1-6H2,(H,21,22)(H,23,24). The van der Waals surface area contributed by atoms with Crippen LogP contribution in [0.1, 0.15) is 49.0 Å². The highest BCUT2D eigenvalue weighted by Gasteiger charge is 2.13. The van der Waals surface area contributed by atoms with Crippen LogP contribution in [0.15, 0.2) is 42.6 Å². The predicted octanol–water partition coefficient (Wildman–Crippen LogP) is 5.12. The van der Waals surface area contributed by atoms with E-state index in [9.17, 15) is 4.79 Å². The van der Waals surface area contributed by atoms with Gasteiger partial charge < -0.3 is 10.6 Å². The molecule has 2 N–H and O–H groups in total. The maximum atomic E-state index is 12.4. The van der Waals surface area contributed by atoms with Gasteiger partial charge in [-0.15, -0.1) is 0 Å². The molecule has 2 aromatic rings. The molecule has 3 rings (SSSR count). The van der Waals surface area contributed by atoms with Gasteiger partial charge in [-0.05, 0) is 49.2 Å². The highest BCUT2D eigenvalue weighted by molar-refractivity contribution is 6.30. The van der Waals surface area contributed by atoms with E-state index < -0.39 is 0 Å². The van der Waals surface area contributed by atoms with Crippen molar-refractivity contribution in [2.75, 3.05) is 10.6 Å². The number of hydrogen-bond donors (Lipinski definition) is 2. The second-order valence-corrected chi connectivity index (χ2v) is 6.66. The number of nitrogens with one attached hydrogen (secondary N) is 2. The third kappa shape index (κ3) is 4.71. The lowest BCUT2D eigenvalue weighted by atomic mass is 10.1. The number of aromatic nitrogens is 1. The lowest BCUT2D eigenvalue weighted by Gasteiger charge is -2.17. The first kappa shape index (κ1) is 16.8. The minimum absolute atomic E-state index is 0.221. The van der Waals surface area contributed by atoms with Gasteiger partial charge in [-0.1, -0.05) is 37.3 Å². The van der Waals surface area contributed by atoms with Crippen LogP contribution in [0.3, 0.4) is 0 Å². The smallest absolute Gasteiger partial charge is 0.274 e. The molecule has 1 aliphatic carbocycles. The lowest BCUT2D eigenvalue weighted by molar-refractivity contribution is 0.102. The highest BCUT2D eigenvalue weighted by atomic mass is 35.5. The van der Waals surface area contributed by atoms with Crippen molar-refractivity contribution in [1.29, 1.82) is 0 Å². The second kappa shape index (κ2) is 8.15. The molecule has 5 heteroatoms. The first-order chi connectivity index (χ1) is 11.7. The average Bonchev–Trinajstić information content (AvgIpc) is 2.86. The van der Waals surface area contributed by atoms with Crippen molar-refractivity contribution in [2.24, 2.45) is 0 Å². The highest BCUT2D eigenvalue weighted by Crippen LogP contribution is 2.21. The minimum atomic E-state index is -0.221. The molecule has 0 aliphatic heterocycles. The van der Waals surface area contributed by atoms with Gasteiger partial charge in [0.05, 0.1) is 0 Å². The van der Waals surface area contributed by atoms with Crippen LogP contribution in [0, 0.1) is 0 Å². The van der Waals surface area contributed by atoms with E-state index in [0.29, 0.717) is 22.4 Å². The van der Waals surface area contributed by atoms with E-state index in [1.807, 2.05) is 12.1 Å². The Kier molecular flexibility index (Phi) is 5.70. The molecule has 0 unspecified atom stereocenters. The maximum absolute atomic E-state index is 12.4. The summed E-state index contributed by atoms with van der Waals surface area (Å²) in [5.41, 5.74) is 2.06. The summed E-state index contributed by atoms with van der Waals surface area (Å²) in [6.45, 7) is 0. The number of carbonyl (C=O) groups excluding carboxylic acids is 1. The van der Waals surface area contributed by atoms with Crippen molar-refractivity contribution < 1.29 is 4.79 Å². The molecule has 1 amide bonds. The van der Waals surface area contributed by atoms with E-state index >= 15 is 0 Å². The van der Waals surface area contributed by atoms with E-state index in [2.05, 4.69) is 15.6 Å². The summed E-state index contributed by atoms with van der Waals surface area (Å²) in [5.74, 6) is -0.221. The van der Waals surface area contributed by atoms with Crippen LogP contribution < -0.4 is 10.6 Å². The Labute approximate surface area is 147 Å². The second-order valence-electron chi connectivity index (χ2n) is 6.22. The maximum Gasteiger partial charge on any atom is 0.274 e. The quantitative estimate of drug-likeness (QED) is 0.757. The van der Waals surface area contributed by atoms with Gasteiger partial charge in [-0.3, -0.25) is 9.78 Å². The zero-order valence-electron chi connectivity index (χ0n) is 13.6. The van der Waals surface area contributed by atoms with Gasteiger partial charge >= 0.3 is 0 Å². The van der Waals surface area contributed by atoms with Crippen molar-refractivity contribution in [2.45, 2.75) is 44.6 Å². The molecule has 1 heterocycles. The molecule has 1 aromatic heterocycles. The minimum Gasteiger partial charge on any atom is -0.382 e. The summed E-state index contributed by atoms with van der Waals surface area (Å²) in [5, 5.41) is 7.03. The third-order valence-electron chi connectivity index (χ3n) is 4.32. The Hall–Kier alpha value is -2.07. The van der Waals surface area contributed by atoms with Crippen LogP contribution >= 0.6 is 11.6 Å². The fourth-order valence-corrected chi connectivity index (χ4v) is 3.16. The Bertz CT molecular complexity index is 679. The molecular weight excluding hydrogens is 322 g/mol. The Morgan fingerprint density at radius 2 is 1.71 bits per heavy atom. The van der Waals surface area contributed by atoms with Crippen LogP contribution in [-0.4, -0.2) is 16.9 Å². The summed E-state index contributed by atoms with van der Waals surface area (Å²) in [7, 11) is 0. The third-order valence-corrected chi connectivity index (χ3v) is 4.57. The van der Waals surface area contributed by atoms with Crippen LogP contribution in [-0.2, 0) is 0 Å². The van der Waals surface area contributed by atoms with Crippen molar-refractivity contribution in [1.82, 2.24) is 4.98 Å². The van der Waals surface area contributed by atoms with E-state index in [0.717, 1.165) is 5.69 Å². The Morgan fingerprint density at radius 1 is 1.00 bits per heavy atom. The largest absolute Gasteiger partial charge is 0.382 e. The van der Waals surface area contributed by atoms with E-state index in [1.165, 1.54) is 38.5 Å². The predicted molar refractivity (Wildman–Crippen MR) is 98.8 cm³/mol.